The van der Waals surface area contributed by atoms with Crippen LogP contribution in [-0.4, -0.2) is 36.1 Å². The van der Waals surface area contributed by atoms with E-state index < -0.39 is 0 Å². The van der Waals surface area contributed by atoms with Crippen LogP contribution in [0, 0.1) is 5.92 Å². The molecule has 0 bridgehead atoms. The number of nitrogens with zero attached hydrogens (tertiary/aromatic N) is 2. The highest BCUT2D eigenvalue weighted by atomic mass is 16.5. The molecule has 2 rings (SSSR count). The summed E-state index contributed by atoms with van der Waals surface area (Å²) in [7, 11) is 3.83. The van der Waals surface area contributed by atoms with Gasteiger partial charge in [0.25, 0.3) is 0 Å². The Balaban J connectivity index is 1.99. The fourth-order valence-corrected chi connectivity index (χ4v) is 2.49. The highest BCUT2D eigenvalue weighted by Crippen LogP contribution is 2.36. The quantitative estimate of drug-likeness (QED) is 0.806. The number of methoxy groups -OCH3 is 1. The van der Waals surface area contributed by atoms with Crippen molar-refractivity contribution in [3.05, 3.63) is 18.0 Å². The highest BCUT2D eigenvalue weighted by Gasteiger charge is 2.36. The van der Waals surface area contributed by atoms with Gasteiger partial charge in [0.1, 0.15) is 0 Å². The standard InChI is InChI=1S/C14H25N3O/c1-10(2)17-8-7-12(16-17)9-13(15-3)14(18-4)11-5-6-11/h7-8,10-11,13-15H,5-6,9H2,1-4H3. The predicted octanol–water partition coefficient (Wildman–Crippen LogP) is 2.02. The van der Waals surface area contributed by atoms with E-state index >= 15 is 0 Å². The molecule has 4 heteroatoms. The summed E-state index contributed by atoms with van der Waals surface area (Å²) in [6.45, 7) is 4.29. The maximum absolute atomic E-state index is 5.66. The number of aromatic nitrogens is 2. The normalized spacial score (nSPS) is 19.2. The number of hydrogen-bond acceptors (Lipinski definition) is 3. The van der Waals surface area contributed by atoms with Gasteiger partial charge in [-0.15, -0.1) is 0 Å². The van der Waals surface area contributed by atoms with Crippen molar-refractivity contribution in [3.8, 4) is 0 Å². The second-order valence-electron chi connectivity index (χ2n) is 5.52. The molecule has 1 saturated carbocycles. The zero-order valence-electron chi connectivity index (χ0n) is 11.9. The molecule has 2 unspecified atom stereocenters. The van der Waals surface area contributed by atoms with Crippen LogP contribution in [0.25, 0.3) is 0 Å². The Morgan fingerprint density at radius 3 is 2.67 bits per heavy atom. The first kappa shape index (κ1) is 13.6. The van der Waals surface area contributed by atoms with Crippen molar-refractivity contribution in [2.45, 2.75) is 51.3 Å². The summed E-state index contributed by atoms with van der Waals surface area (Å²) < 4.78 is 7.67. The molecule has 1 N–H and O–H groups in total. The van der Waals surface area contributed by atoms with Gasteiger partial charge in [-0.2, -0.15) is 5.10 Å². The van der Waals surface area contributed by atoms with E-state index in [0.29, 0.717) is 18.2 Å². The van der Waals surface area contributed by atoms with Gasteiger partial charge in [0.15, 0.2) is 0 Å². The van der Waals surface area contributed by atoms with Gasteiger partial charge in [0.2, 0.25) is 0 Å². The van der Waals surface area contributed by atoms with Gasteiger partial charge < -0.3 is 10.1 Å². The van der Waals surface area contributed by atoms with Crippen LogP contribution in [-0.2, 0) is 11.2 Å². The number of rotatable bonds is 7. The van der Waals surface area contributed by atoms with E-state index in [1.54, 1.807) is 0 Å². The summed E-state index contributed by atoms with van der Waals surface area (Å²) >= 11 is 0. The first-order valence-corrected chi connectivity index (χ1v) is 6.89. The molecule has 0 saturated heterocycles. The summed E-state index contributed by atoms with van der Waals surface area (Å²) in [5.41, 5.74) is 1.14. The summed E-state index contributed by atoms with van der Waals surface area (Å²) in [6, 6.07) is 2.90. The van der Waals surface area contributed by atoms with Crippen LogP contribution in [0.1, 0.15) is 38.4 Å². The molecular weight excluding hydrogens is 226 g/mol. The molecular formula is C14H25N3O. The Labute approximate surface area is 110 Å². The Morgan fingerprint density at radius 1 is 1.50 bits per heavy atom. The maximum Gasteiger partial charge on any atom is 0.0756 e. The molecule has 1 aromatic rings. The second kappa shape index (κ2) is 5.85. The molecule has 1 aromatic heterocycles. The molecule has 0 amide bonds. The molecule has 18 heavy (non-hydrogen) atoms. The first-order valence-electron chi connectivity index (χ1n) is 6.89. The molecule has 1 heterocycles. The number of nitrogens with one attached hydrogen (secondary N) is 1. The van der Waals surface area contributed by atoms with E-state index in [9.17, 15) is 0 Å². The zero-order chi connectivity index (χ0) is 13.1. The summed E-state index contributed by atoms with van der Waals surface area (Å²) in [6.07, 6.45) is 5.92. The summed E-state index contributed by atoms with van der Waals surface area (Å²) in [4.78, 5) is 0. The van der Waals surface area contributed by atoms with Crippen LogP contribution >= 0.6 is 0 Å². The molecule has 1 aliphatic rings. The molecule has 0 aliphatic heterocycles. The third-order valence-electron chi connectivity index (χ3n) is 3.75. The Bertz CT molecular complexity index is 371. The lowest BCUT2D eigenvalue weighted by atomic mass is 10.0. The smallest absolute Gasteiger partial charge is 0.0756 e. The third-order valence-corrected chi connectivity index (χ3v) is 3.75. The van der Waals surface area contributed by atoms with Crippen molar-refractivity contribution in [3.63, 3.8) is 0 Å². The van der Waals surface area contributed by atoms with Crippen LogP contribution in [0.5, 0.6) is 0 Å². The summed E-state index contributed by atoms with van der Waals surface area (Å²) in [5, 5.41) is 8.00. The monoisotopic (exact) mass is 251 g/mol. The van der Waals surface area contributed by atoms with Crippen molar-refractivity contribution < 1.29 is 4.74 Å². The molecule has 1 fully saturated rings. The molecule has 0 spiro atoms. The van der Waals surface area contributed by atoms with Gasteiger partial charge >= 0.3 is 0 Å². The van der Waals surface area contributed by atoms with Gasteiger partial charge in [-0.3, -0.25) is 4.68 Å². The molecule has 0 radical (unpaired) electrons. The average Bonchev–Trinajstić information content (AvgIpc) is 3.06. The van der Waals surface area contributed by atoms with Gasteiger partial charge in [0.05, 0.1) is 11.8 Å². The lowest BCUT2D eigenvalue weighted by Gasteiger charge is -2.25. The molecule has 4 nitrogen and oxygen atoms in total. The molecule has 2 atom stereocenters. The van der Waals surface area contributed by atoms with E-state index in [4.69, 9.17) is 4.74 Å². The minimum absolute atomic E-state index is 0.319. The summed E-state index contributed by atoms with van der Waals surface area (Å²) in [5.74, 6) is 0.736. The van der Waals surface area contributed by atoms with Crippen LogP contribution in [0.2, 0.25) is 0 Å². The van der Waals surface area contributed by atoms with Crippen LogP contribution in [0.4, 0.5) is 0 Å². The van der Waals surface area contributed by atoms with Gasteiger partial charge in [-0.05, 0) is 45.7 Å². The Hall–Kier alpha value is -0.870. The van der Waals surface area contributed by atoms with E-state index in [-0.39, 0.29) is 0 Å². The predicted molar refractivity (Wildman–Crippen MR) is 72.7 cm³/mol. The van der Waals surface area contributed by atoms with Crippen molar-refractivity contribution in [2.24, 2.45) is 5.92 Å². The lowest BCUT2D eigenvalue weighted by Crippen LogP contribution is -2.42. The van der Waals surface area contributed by atoms with Crippen LogP contribution in [0.15, 0.2) is 12.3 Å². The van der Waals surface area contributed by atoms with Gasteiger partial charge in [-0.25, -0.2) is 0 Å². The highest BCUT2D eigenvalue weighted by molar-refractivity contribution is 5.04. The van der Waals surface area contributed by atoms with Crippen molar-refractivity contribution in [1.82, 2.24) is 15.1 Å². The van der Waals surface area contributed by atoms with Crippen molar-refractivity contribution >= 4 is 0 Å². The molecule has 102 valence electrons. The average molecular weight is 251 g/mol. The number of likely N-dealkylation sites (N-methyl/N-ethyl adjacent to an activating group) is 1. The largest absolute Gasteiger partial charge is 0.380 e. The van der Waals surface area contributed by atoms with E-state index in [2.05, 4.69) is 36.5 Å². The first-order chi connectivity index (χ1) is 8.65. The fourth-order valence-electron chi connectivity index (χ4n) is 2.49. The van der Waals surface area contributed by atoms with E-state index in [1.807, 2.05) is 18.8 Å². The van der Waals surface area contributed by atoms with E-state index in [1.165, 1.54) is 12.8 Å². The fraction of sp³-hybridized carbons (Fsp3) is 0.786. The van der Waals surface area contributed by atoms with Crippen LogP contribution in [0.3, 0.4) is 0 Å². The Morgan fingerprint density at radius 2 is 2.22 bits per heavy atom. The van der Waals surface area contributed by atoms with Gasteiger partial charge in [-0.1, -0.05) is 0 Å². The minimum atomic E-state index is 0.319. The minimum Gasteiger partial charge on any atom is -0.380 e. The maximum atomic E-state index is 5.66. The van der Waals surface area contributed by atoms with Crippen LogP contribution < -0.4 is 5.32 Å². The van der Waals surface area contributed by atoms with E-state index in [0.717, 1.165) is 18.0 Å². The lowest BCUT2D eigenvalue weighted by molar-refractivity contribution is 0.0531. The SMILES string of the molecule is CNC(Cc1ccn(C(C)C)n1)C(OC)C1CC1. The molecule has 1 aliphatic carbocycles. The third kappa shape index (κ3) is 3.12. The number of hydrogen-bond donors (Lipinski definition) is 1. The van der Waals surface area contributed by atoms with Crippen molar-refractivity contribution in [2.75, 3.05) is 14.2 Å². The van der Waals surface area contributed by atoms with Gasteiger partial charge in [0, 0.05) is 31.8 Å². The Kier molecular flexibility index (Phi) is 4.40. The second-order valence-corrected chi connectivity index (χ2v) is 5.52. The number of ether oxygens (including phenoxy) is 1. The van der Waals surface area contributed by atoms with Crippen molar-refractivity contribution in [1.29, 1.82) is 0 Å². The molecule has 0 aromatic carbocycles. The topological polar surface area (TPSA) is 39.1 Å². The zero-order valence-corrected chi connectivity index (χ0v) is 11.9.